The molecule has 4 rings (SSSR count). The summed E-state index contributed by atoms with van der Waals surface area (Å²) in [7, 11) is 0. The number of fused-ring (bicyclic) bond motifs is 1. The second-order valence-electron chi connectivity index (χ2n) is 5.53. The Morgan fingerprint density at radius 3 is 2.96 bits per heavy atom. The molecule has 122 valence electrons. The maximum absolute atomic E-state index is 6.47. The number of anilines is 2. The van der Waals surface area contributed by atoms with Gasteiger partial charge in [-0.25, -0.2) is 4.98 Å². The van der Waals surface area contributed by atoms with Gasteiger partial charge in [0.15, 0.2) is 0 Å². The van der Waals surface area contributed by atoms with Crippen LogP contribution in [0.1, 0.15) is 23.6 Å². The van der Waals surface area contributed by atoms with Gasteiger partial charge in [0, 0.05) is 16.4 Å². The van der Waals surface area contributed by atoms with Crippen molar-refractivity contribution in [3.8, 4) is 0 Å². The maximum Gasteiger partial charge on any atom is 0.212 e. The van der Waals surface area contributed by atoms with Crippen molar-refractivity contribution in [1.29, 1.82) is 0 Å². The van der Waals surface area contributed by atoms with Crippen molar-refractivity contribution in [2.75, 3.05) is 10.0 Å². The summed E-state index contributed by atoms with van der Waals surface area (Å²) >= 11 is 9.27. The quantitative estimate of drug-likeness (QED) is 0.585. The minimum absolute atomic E-state index is 0.330. The Balaban J connectivity index is 1.45. The molecular weight excluding hydrogens is 360 g/mol. The molecule has 0 fully saturated rings. The molecule has 0 amide bonds. The Hall–Kier alpha value is -1.76. The number of hydrogen-bond donors (Lipinski definition) is 2. The van der Waals surface area contributed by atoms with Crippen LogP contribution in [-0.4, -0.2) is 9.36 Å². The van der Waals surface area contributed by atoms with E-state index in [1.54, 1.807) is 0 Å². The fourth-order valence-electron chi connectivity index (χ4n) is 2.89. The van der Waals surface area contributed by atoms with Gasteiger partial charge in [0.1, 0.15) is 6.33 Å². The van der Waals surface area contributed by atoms with Crippen LogP contribution in [0.2, 0.25) is 5.02 Å². The predicted octanol–water partition coefficient (Wildman–Crippen LogP) is 5.41. The fraction of sp³-hybridized carbons (Fsp3) is 0.176. The molecule has 24 heavy (non-hydrogen) atoms. The summed E-state index contributed by atoms with van der Waals surface area (Å²) in [6.07, 6.45) is 3.75. The number of halogens is 1. The summed E-state index contributed by atoms with van der Waals surface area (Å²) in [5, 5.41) is 5.08. The molecule has 1 atom stereocenters. The highest BCUT2D eigenvalue weighted by atomic mass is 35.5. The maximum atomic E-state index is 6.47. The number of aromatic nitrogens is 2. The molecule has 0 spiro atoms. The summed E-state index contributed by atoms with van der Waals surface area (Å²) in [6.45, 7) is 0. The molecule has 1 aliphatic carbocycles. The van der Waals surface area contributed by atoms with Crippen LogP contribution in [0.15, 0.2) is 53.7 Å². The van der Waals surface area contributed by atoms with E-state index in [0.717, 1.165) is 33.6 Å². The topological polar surface area (TPSA) is 49.8 Å². The molecule has 7 heteroatoms. The Morgan fingerprint density at radius 1 is 1.21 bits per heavy atom. The van der Waals surface area contributed by atoms with Gasteiger partial charge in [-0.15, -0.1) is 0 Å². The molecule has 0 aliphatic heterocycles. The summed E-state index contributed by atoms with van der Waals surface area (Å²) in [4.78, 5) is 5.13. The zero-order valence-corrected chi connectivity index (χ0v) is 15.1. The van der Waals surface area contributed by atoms with E-state index in [-0.39, 0.29) is 0 Å². The number of aryl methyl sites for hydroxylation is 1. The van der Waals surface area contributed by atoms with Crippen LogP contribution in [0.3, 0.4) is 0 Å². The lowest BCUT2D eigenvalue weighted by Crippen LogP contribution is -2.07. The van der Waals surface area contributed by atoms with Gasteiger partial charge < -0.3 is 10.0 Å². The Labute approximate surface area is 154 Å². The molecule has 0 saturated heterocycles. The first-order chi connectivity index (χ1) is 11.8. The lowest BCUT2D eigenvalue weighted by atomic mass is 10.1. The molecule has 0 bridgehead atoms. The van der Waals surface area contributed by atoms with E-state index in [0.29, 0.717) is 6.04 Å². The molecule has 1 unspecified atom stereocenters. The van der Waals surface area contributed by atoms with Crippen LogP contribution in [0.5, 0.6) is 0 Å². The normalized spacial score (nSPS) is 16.0. The van der Waals surface area contributed by atoms with E-state index in [4.69, 9.17) is 11.6 Å². The SMILES string of the molecule is Clc1cc(SNc2ncns2)ccc1NC1CCc2ccccc21. The van der Waals surface area contributed by atoms with E-state index >= 15 is 0 Å². The van der Waals surface area contributed by atoms with Crippen molar-refractivity contribution >= 4 is 45.9 Å². The average molecular weight is 375 g/mol. The molecular formula is C17H15ClN4S2. The Kier molecular flexibility index (Phi) is 4.60. The lowest BCUT2D eigenvalue weighted by molar-refractivity contribution is 0.762. The van der Waals surface area contributed by atoms with Crippen LogP contribution in [0, 0.1) is 0 Å². The summed E-state index contributed by atoms with van der Waals surface area (Å²) in [5.74, 6) is 0. The van der Waals surface area contributed by atoms with Gasteiger partial charge >= 0.3 is 0 Å². The second kappa shape index (κ2) is 7.01. The lowest BCUT2D eigenvalue weighted by Gasteiger charge is -2.17. The largest absolute Gasteiger partial charge is 0.377 e. The zero-order chi connectivity index (χ0) is 16.4. The van der Waals surface area contributed by atoms with Gasteiger partial charge in [0.05, 0.1) is 16.8 Å². The monoisotopic (exact) mass is 374 g/mol. The van der Waals surface area contributed by atoms with E-state index in [1.165, 1.54) is 40.9 Å². The summed E-state index contributed by atoms with van der Waals surface area (Å²) < 4.78 is 7.12. The molecule has 4 nitrogen and oxygen atoms in total. The third kappa shape index (κ3) is 3.36. The van der Waals surface area contributed by atoms with Gasteiger partial charge in [0.25, 0.3) is 0 Å². The highest BCUT2D eigenvalue weighted by molar-refractivity contribution is 8.00. The van der Waals surface area contributed by atoms with E-state index < -0.39 is 0 Å². The number of hydrogen-bond acceptors (Lipinski definition) is 6. The van der Waals surface area contributed by atoms with Crippen molar-refractivity contribution in [2.24, 2.45) is 0 Å². The van der Waals surface area contributed by atoms with E-state index in [9.17, 15) is 0 Å². The fourth-order valence-corrected chi connectivity index (χ4v) is 4.32. The Morgan fingerprint density at radius 2 is 2.12 bits per heavy atom. The minimum Gasteiger partial charge on any atom is -0.377 e. The highest BCUT2D eigenvalue weighted by Crippen LogP contribution is 2.36. The third-order valence-electron chi connectivity index (χ3n) is 4.02. The standard InChI is InChI=1S/C17H15ClN4S2/c18-14-9-12(23-22-17-19-10-20-24-17)6-8-16(14)21-15-7-5-11-3-1-2-4-13(11)15/h1-4,6,8-10,15,21H,5,7H2,(H,19,20,22). The molecule has 1 aliphatic rings. The van der Waals surface area contributed by atoms with Crippen LogP contribution in [0.25, 0.3) is 0 Å². The van der Waals surface area contributed by atoms with Crippen molar-refractivity contribution < 1.29 is 0 Å². The number of nitrogens with one attached hydrogen (secondary N) is 2. The first-order valence-electron chi connectivity index (χ1n) is 7.63. The number of benzene rings is 2. The third-order valence-corrected chi connectivity index (χ3v) is 5.83. The van der Waals surface area contributed by atoms with Gasteiger partial charge in [-0.05, 0) is 54.1 Å². The first-order valence-corrected chi connectivity index (χ1v) is 9.60. The molecule has 2 aromatic carbocycles. The van der Waals surface area contributed by atoms with Gasteiger partial charge in [-0.3, -0.25) is 0 Å². The smallest absolute Gasteiger partial charge is 0.212 e. The average Bonchev–Trinajstić information content (AvgIpc) is 3.25. The number of nitrogens with zero attached hydrogens (tertiary/aromatic N) is 2. The van der Waals surface area contributed by atoms with Crippen molar-refractivity contribution in [2.45, 2.75) is 23.8 Å². The van der Waals surface area contributed by atoms with E-state index in [2.05, 4.69) is 43.7 Å². The highest BCUT2D eigenvalue weighted by Gasteiger charge is 2.22. The molecule has 0 saturated carbocycles. The van der Waals surface area contributed by atoms with Crippen LogP contribution < -0.4 is 10.0 Å². The minimum atomic E-state index is 0.330. The predicted molar refractivity (Wildman–Crippen MR) is 102 cm³/mol. The van der Waals surface area contributed by atoms with Crippen LogP contribution in [-0.2, 0) is 6.42 Å². The summed E-state index contributed by atoms with van der Waals surface area (Å²) in [6, 6.07) is 15.0. The summed E-state index contributed by atoms with van der Waals surface area (Å²) in [5.41, 5.74) is 3.78. The molecule has 3 aromatic rings. The molecule has 1 aromatic heterocycles. The van der Waals surface area contributed by atoms with Crippen molar-refractivity contribution in [3.63, 3.8) is 0 Å². The Bertz CT molecular complexity index is 838. The van der Waals surface area contributed by atoms with Crippen molar-refractivity contribution in [3.05, 3.63) is 64.9 Å². The zero-order valence-electron chi connectivity index (χ0n) is 12.7. The molecule has 0 radical (unpaired) electrons. The van der Waals surface area contributed by atoms with Crippen LogP contribution >= 0.6 is 35.1 Å². The number of rotatable bonds is 5. The second-order valence-corrected chi connectivity index (χ2v) is 7.59. The van der Waals surface area contributed by atoms with Crippen LogP contribution in [0.4, 0.5) is 10.8 Å². The van der Waals surface area contributed by atoms with Gasteiger partial charge in [-0.1, -0.05) is 35.9 Å². The van der Waals surface area contributed by atoms with Gasteiger partial charge in [0.2, 0.25) is 5.13 Å². The molecule has 2 N–H and O–H groups in total. The van der Waals surface area contributed by atoms with Crippen molar-refractivity contribution in [1.82, 2.24) is 9.36 Å². The molecule has 1 heterocycles. The van der Waals surface area contributed by atoms with E-state index in [1.807, 2.05) is 18.2 Å². The van der Waals surface area contributed by atoms with Gasteiger partial charge in [-0.2, -0.15) is 4.37 Å². The first kappa shape index (κ1) is 15.7.